The molecule has 0 bridgehead atoms. The summed E-state index contributed by atoms with van der Waals surface area (Å²) in [6.45, 7) is 5.45. The van der Waals surface area contributed by atoms with Crippen molar-refractivity contribution in [2.45, 2.75) is 26.3 Å². The SMILES string of the molecule is CC(C)(C)NC(=O)CNC(=O)/C=C/c1ccc(F)c(Cl)c1. The van der Waals surface area contributed by atoms with Gasteiger partial charge >= 0.3 is 0 Å². The summed E-state index contributed by atoms with van der Waals surface area (Å²) in [5.74, 6) is -1.20. The summed E-state index contributed by atoms with van der Waals surface area (Å²) < 4.78 is 13.0. The molecule has 2 amide bonds. The van der Waals surface area contributed by atoms with Crippen LogP contribution in [0.5, 0.6) is 0 Å². The van der Waals surface area contributed by atoms with Gasteiger partial charge in [-0.15, -0.1) is 0 Å². The van der Waals surface area contributed by atoms with Gasteiger partial charge in [0.1, 0.15) is 5.82 Å². The minimum atomic E-state index is -0.517. The van der Waals surface area contributed by atoms with Gasteiger partial charge in [-0.2, -0.15) is 0 Å². The molecule has 0 unspecified atom stereocenters. The molecule has 1 aromatic rings. The summed E-state index contributed by atoms with van der Waals surface area (Å²) in [6, 6.07) is 4.13. The van der Waals surface area contributed by atoms with E-state index in [1.54, 1.807) is 0 Å². The van der Waals surface area contributed by atoms with Crippen LogP contribution in [-0.2, 0) is 9.59 Å². The van der Waals surface area contributed by atoms with E-state index in [1.807, 2.05) is 20.8 Å². The van der Waals surface area contributed by atoms with Crippen LogP contribution < -0.4 is 10.6 Å². The normalized spacial score (nSPS) is 11.5. The average Bonchev–Trinajstić information content (AvgIpc) is 2.36. The van der Waals surface area contributed by atoms with Gasteiger partial charge in [-0.25, -0.2) is 4.39 Å². The Morgan fingerprint density at radius 3 is 2.57 bits per heavy atom. The molecular weight excluding hydrogens is 295 g/mol. The van der Waals surface area contributed by atoms with E-state index in [0.717, 1.165) is 0 Å². The number of amides is 2. The van der Waals surface area contributed by atoms with Gasteiger partial charge in [0.25, 0.3) is 0 Å². The first-order valence-electron chi connectivity index (χ1n) is 6.39. The summed E-state index contributed by atoms with van der Waals surface area (Å²) in [7, 11) is 0. The first-order chi connectivity index (χ1) is 9.67. The Kier molecular flexibility index (Phi) is 5.90. The third kappa shape index (κ3) is 6.90. The smallest absolute Gasteiger partial charge is 0.244 e. The quantitative estimate of drug-likeness (QED) is 0.839. The maximum atomic E-state index is 13.0. The molecule has 0 radical (unpaired) electrons. The lowest BCUT2D eigenvalue weighted by Crippen LogP contribution is -2.45. The summed E-state index contributed by atoms with van der Waals surface area (Å²) in [6.07, 6.45) is 2.75. The lowest BCUT2D eigenvalue weighted by Gasteiger charge is -2.20. The van der Waals surface area contributed by atoms with Crippen LogP contribution in [0.3, 0.4) is 0 Å². The van der Waals surface area contributed by atoms with Crippen molar-refractivity contribution in [3.05, 3.63) is 40.7 Å². The Labute approximate surface area is 128 Å². The number of halogens is 2. The molecule has 21 heavy (non-hydrogen) atoms. The van der Waals surface area contributed by atoms with Gasteiger partial charge in [0.05, 0.1) is 11.6 Å². The molecule has 0 saturated heterocycles. The summed E-state index contributed by atoms with van der Waals surface area (Å²) in [5, 5.41) is 5.17. The third-order valence-corrected chi connectivity index (χ3v) is 2.60. The summed E-state index contributed by atoms with van der Waals surface area (Å²) in [4.78, 5) is 23.1. The first kappa shape index (κ1) is 17.2. The highest BCUT2D eigenvalue weighted by Crippen LogP contribution is 2.16. The average molecular weight is 313 g/mol. The second kappa shape index (κ2) is 7.22. The Bertz CT molecular complexity index is 565. The first-order valence-corrected chi connectivity index (χ1v) is 6.77. The van der Waals surface area contributed by atoms with Crippen LogP contribution >= 0.6 is 11.6 Å². The zero-order valence-electron chi connectivity index (χ0n) is 12.2. The molecule has 114 valence electrons. The number of hydrogen-bond donors (Lipinski definition) is 2. The van der Waals surface area contributed by atoms with Gasteiger partial charge in [-0.3, -0.25) is 9.59 Å². The minimum absolute atomic E-state index is 0.0119. The zero-order chi connectivity index (χ0) is 16.0. The molecule has 0 fully saturated rings. The van der Waals surface area contributed by atoms with Crippen LogP contribution in [0.15, 0.2) is 24.3 Å². The fourth-order valence-corrected chi connectivity index (χ4v) is 1.67. The molecule has 4 nitrogen and oxygen atoms in total. The number of rotatable bonds is 4. The molecule has 0 spiro atoms. The number of carbonyl (C=O) groups excluding carboxylic acids is 2. The third-order valence-electron chi connectivity index (χ3n) is 2.31. The zero-order valence-corrected chi connectivity index (χ0v) is 12.9. The van der Waals surface area contributed by atoms with Crippen molar-refractivity contribution in [2.75, 3.05) is 6.54 Å². The predicted molar refractivity (Wildman–Crippen MR) is 81.3 cm³/mol. The van der Waals surface area contributed by atoms with Crippen LogP contribution in [-0.4, -0.2) is 23.9 Å². The lowest BCUT2D eigenvalue weighted by atomic mass is 10.1. The lowest BCUT2D eigenvalue weighted by molar-refractivity contribution is -0.124. The number of carbonyl (C=O) groups is 2. The Balaban J connectivity index is 2.48. The van der Waals surface area contributed by atoms with Crippen LogP contribution in [0, 0.1) is 5.82 Å². The van der Waals surface area contributed by atoms with Crippen molar-refractivity contribution >= 4 is 29.5 Å². The van der Waals surface area contributed by atoms with E-state index >= 15 is 0 Å². The molecule has 0 atom stereocenters. The second-order valence-corrected chi connectivity index (χ2v) is 5.93. The number of hydrogen-bond acceptors (Lipinski definition) is 2. The monoisotopic (exact) mass is 312 g/mol. The molecule has 6 heteroatoms. The van der Waals surface area contributed by atoms with Crippen molar-refractivity contribution in [1.82, 2.24) is 10.6 Å². The molecule has 0 aliphatic rings. The number of benzene rings is 1. The van der Waals surface area contributed by atoms with Crippen molar-refractivity contribution in [3.8, 4) is 0 Å². The Hall–Kier alpha value is -1.88. The predicted octanol–water partition coefficient (Wildman–Crippen LogP) is 2.52. The van der Waals surface area contributed by atoms with Crippen LogP contribution in [0.4, 0.5) is 4.39 Å². The maximum Gasteiger partial charge on any atom is 0.244 e. The van der Waals surface area contributed by atoms with Crippen LogP contribution in [0.1, 0.15) is 26.3 Å². The molecule has 1 aromatic carbocycles. The number of nitrogens with one attached hydrogen (secondary N) is 2. The highest BCUT2D eigenvalue weighted by atomic mass is 35.5. The largest absolute Gasteiger partial charge is 0.350 e. The van der Waals surface area contributed by atoms with Crippen molar-refractivity contribution < 1.29 is 14.0 Å². The standard InChI is InChI=1S/C15H18ClFN2O2/c1-15(2,3)19-14(21)9-18-13(20)7-5-10-4-6-12(17)11(16)8-10/h4-8H,9H2,1-3H3,(H,18,20)(H,19,21)/b7-5+. The molecule has 2 N–H and O–H groups in total. The molecule has 0 aliphatic heterocycles. The fourth-order valence-electron chi connectivity index (χ4n) is 1.48. The van der Waals surface area contributed by atoms with E-state index in [-0.39, 0.29) is 23.0 Å². The van der Waals surface area contributed by atoms with E-state index < -0.39 is 11.7 Å². The van der Waals surface area contributed by atoms with Crippen molar-refractivity contribution in [2.24, 2.45) is 0 Å². The molecule has 0 heterocycles. The molecule has 0 aromatic heterocycles. The second-order valence-electron chi connectivity index (χ2n) is 5.52. The van der Waals surface area contributed by atoms with E-state index in [2.05, 4.69) is 10.6 Å². The van der Waals surface area contributed by atoms with E-state index in [9.17, 15) is 14.0 Å². The topological polar surface area (TPSA) is 58.2 Å². The minimum Gasteiger partial charge on any atom is -0.350 e. The summed E-state index contributed by atoms with van der Waals surface area (Å²) >= 11 is 5.63. The van der Waals surface area contributed by atoms with Crippen molar-refractivity contribution in [1.29, 1.82) is 0 Å². The Morgan fingerprint density at radius 1 is 1.33 bits per heavy atom. The van der Waals surface area contributed by atoms with Gasteiger partial charge in [0, 0.05) is 11.6 Å². The Morgan fingerprint density at radius 2 is 2.00 bits per heavy atom. The van der Waals surface area contributed by atoms with E-state index in [1.165, 1.54) is 30.4 Å². The summed E-state index contributed by atoms with van der Waals surface area (Å²) in [5.41, 5.74) is 0.249. The van der Waals surface area contributed by atoms with Gasteiger partial charge in [0.2, 0.25) is 11.8 Å². The van der Waals surface area contributed by atoms with E-state index in [0.29, 0.717) is 5.56 Å². The molecule has 0 saturated carbocycles. The van der Waals surface area contributed by atoms with Crippen molar-refractivity contribution in [3.63, 3.8) is 0 Å². The molecule has 0 aliphatic carbocycles. The van der Waals surface area contributed by atoms with Gasteiger partial charge < -0.3 is 10.6 Å². The molecular formula is C15H18ClFN2O2. The van der Waals surface area contributed by atoms with Gasteiger partial charge in [-0.1, -0.05) is 17.7 Å². The van der Waals surface area contributed by atoms with Crippen LogP contribution in [0.25, 0.3) is 6.08 Å². The fraction of sp³-hybridized carbons (Fsp3) is 0.333. The van der Waals surface area contributed by atoms with Gasteiger partial charge in [0.15, 0.2) is 0 Å². The van der Waals surface area contributed by atoms with Crippen LogP contribution in [0.2, 0.25) is 5.02 Å². The molecule has 1 rings (SSSR count). The highest BCUT2D eigenvalue weighted by molar-refractivity contribution is 6.30. The highest BCUT2D eigenvalue weighted by Gasteiger charge is 2.13. The van der Waals surface area contributed by atoms with Gasteiger partial charge in [-0.05, 0) is 44.5 Å². The van der Waals surface area contributed by atoms with E-state index in [4.69, 9.17) is 11.6 Å². The maximum absolute atomic E-state index is 13.0.